The first-order chi connectivity index (χ1) is 12.2. The maximum Gasteiger partial charge on any atom is 0.213 e. The van der Waals surface area contributed by atoms with Gasteiger partial charge in [-0.05, 0) is 35.9 Å². The Kier molecular flexibility index (Phi) is 5.66. The molecule has 2 heterocycles. The molecular formula is C17H14BrN5O2. The van der Waals surface area contributed by atoms with Crippen LogP contribution in [-0.4, -0.2) is 23.2 Å². The Hall–Kier alpha value is -2.83. The van der Waals surface area contributed by atoms with Crippen LogP contribution in [0, 0.1) is 0 Å². The molecule has 0 unspecified atom stereocenters. The van der Waals surface area contributed by atoms with Crippen molar-refractivity contribution in [3.05, 3.63) is 69.3 Å². The summed E-state index contributed by atoms with van der Waals surface area (Å²) in [5.41, 5.74) is 9.90. The Morgan fingerprint density at radius 3 is 2.88 bits per heavy atom. The molecule has 0 bridgehead atoms. The van der Waals surface area contributed by atoms with Gasteiger partial charge in [-0.1, -0.05) is 27.1 Å². The smallest absolute Gasteiger partial charge is 0.213 e. The fraction of sp³-hybridized carbons (Fsp3) is 0.176. The van der Waals surface area contributed by atoms with Gasteiger partial charge in [-0.3, -0.25) is 4.98 Å². The third-order valence-corrected chi connectivity index (χ3v) is 3.79. The Morgan fingerprint density at radius 2 is 2.00 bits per heavy atom. The molecule has 1 aromatic carbocycles. The average Bonchev–Trinajstić information content (AvgIpc) is 2.63. The second-order valence-corrected chi connectivity index (χ2v) is 5.98. The van der Waals surface area contributed by atoms with Crippen molar-refractivity contribution in [2.24, 2.45) is 5.11 Å². The van der Waals surface area contributed by atoms with Crippen molar-refractivity contribution >= 4 is 26.8 Å². The van der Waals surface area contributed by atoms with Gasteiger partial charge in [0.2, 0.25) is 5.88 Å². The largest absolute Gasteiger partial charge is 0.488 e. The number of aromatic nitrogens is 2. The SMILES string of the molecule is [N-]=[N+]=NCc1cccc(OCCOc2cnc3ccc(Br)cc3c2)n1. The number of hydrogen-bond donors (Lipinski definition) is 0. The monoisotopic (exact) mass is 399 g/mol. The normalized spacial score (nSPS) is 10.3. The number of rotatable bonds is 7. The van der Waals surface area contributed by atoms with Crippen molar-refractivity contribution in [1.29, 1.82) is 0 Å². The van der Waals surface area contributed by atoms with Crippen LogP contribution in [0.25, 0.3) is 21.3 Å². The van der Waals surface area contributed by atoms with E-state index in [4.69, 9.17) is 15.0 Å². The topological polar surface area (TPSA) is 93.0 Å². The minimum atomic E-state index is 0.197. The third kappa shape index (κ3) is 4.82. The van der Waals surface area contributed by atoms with Gasteiger partial charge in [0.15, 0.2) is 0 Å². The van der Waals surface area contributed by atoms with Crippen LogP contribution in [0.2, 0.25) is 0 Å². The van der Waals surface area contributed by atoms with Gasteiger partial charge < -0.3 is 9.47 Å². The van der Waals surface area contributed by atoms with Crippen molar-refractivity contribution in [3.63, 3.8) is 0 Å². The van der Waals surface area contributed by atoms with E-state index in [0.29, 0.717) is 30.5 Å². The van der Waals surface area contributed by atoms with Crippen LogP contribution in [-0.2, 0) is 6.54 Å². The predicted octanol–water partition coefficient (Wildman–Crippen LogP) is 4.66. The van der Waals surface area contributed by atoms with Gasteiger partial charge >= 0.3 is 0 Å². The molecule has 3 aromatic rings. The van der Waals surface area contributed by atoms with Gasteiger partial charge in [-0.25, -0.2) is 4.98 Å². The fourth-order valence-electron chi connectivity index (χ4n) is 2.20. The lowest BCUT2D eigenvalue weighted by Crippen LogP contribution is -2.10. The lowest BCUT2D eigenvalue weighted by Gasteiger charge is -2.09. The Bertz CT molecular complexity index is 928. The van der Waals surface area contributed by atoms with E-state index in [1.807, 2.05) is 24.3 Å². The van der Waals surface area contributed by atoms with Gasteiger partial charge in [0, 0.05) is 20.8 Å². The Balaban J connectivity index is 1.54. The van der Waals surface area contributed by atoms with Gasteiger partial charge in [0.25, 0.3) is 0 Å². The second-order valence-electron chi connectivity index (χ2n) is 5.06. The molecule has 0 saturated carbocycles. The number of azide groups is 1. The van der Waals surface area contributed by atoms with Crippen LogP contribution in [0.4, 0.5) is 0 Å². The van der Waals surface area contributed by atoms with E-state index >= 15 is 0 Å². The molecule has 0 aliphatic carbocycles. The molecule has 2 aromatic heterocycles. The van der Waals surface area contributed by atoms with Crippen molar-refractivity contribution in [2.75, 3.05) is 13.2 Å². The minimum Gasteiger partial charge on any atom is -0.488 e. The van der Waals surface area contributed by atoms with Crippen LogP contribution in [0.3, 0.4) is 0 Å². The Labute approximate surface area is 152 Å². The van der Waals surface area contributed by atoms with Gasteiger partial charge in [-0.2, -0.15) is 0 Å². The first-order valence-corrected chi connectivity index (χ1v) is 8.31. The van der Waals surface area contributed by atoms with Crippen molar-refractivity contribution in [3.8, 4) is 11.6 Å². The molecule has 0 aliphatic rings. The lowest BCUT2D eigenvalue weighted by atomic mass is 10.2. The molecule has 0 atom stereocenters. The van der Waals surface area contributed by atoms with Crippen LogP contribution in [0.1, 0.15) is 5.69 Å². The molecule has 3 rings (SSSR count). The number of ether oxygens (including phenoxy) is 2. The van der Waals surface area contributed by atoms with Gasteiger partial charge in [0.05, 0.1) is 24.0 Å². The van der Waals surface area contributed by atoms with E-state index in [2.05, 4.69) is 35.9 Å². The van der Waals surface area contributed by atoms with Crippen molar-refractivity contribution in [1.82, 2.24) is 9.97 Å². The minimum absolute atomic E-state index is 0.197. The maximum atomic E-state index is 8.33. The summed E-state index contributed by atoms with van der Waals surface area (Å²) >= 11 is 3.45. The molecule has 0 amide bonds. The van der Waals surface area contributed by atoms with E-state index in [1.165, 1.54) is 0 Å². The first-order valence-electron chi connectivity index (χ1n) is 7.52. The highest BCUT2D eigenvalue weighted by Crippen LogP contribution is 2.22. The van der Waals surface area contributed by atoms with Crippen LogP contribution < -0.4 is 9.47 Å². The molecule has 0 N–H and O–H groups in total. The molecule has 0 aliphatic heterocycles. The molecule has 0 fully saturated rings. The number of nitrogens with zero attached hydrogens (tertiary/aromatic N) is 5. The summed E-state index contributed by atoms with van der Waals surface area (Å²) in [6, 6.07) is 13.1. The zero-order valence-corrected chi connectivity index (χ0v) is 14.8. The van der Waals surface area contributed by atoms with E-state index in [-0.39, 0.29) is 6.54 Å². The molecule has 7 nitrogen and oxygen atoms in total. The summed E-state index contributed by atoms with van der Waals surface area (Å²) in [4.78, 5) is 11.3. The highest BCUT2D eigenvalue weighted by molar-refractivity contribution is 9.10. The van der Waals surface area contributed by atoms with E-state index in [0.717, 1.165) is 15.4 Å². The number of hydrogen-bond acceptors (Lipinski definition) is 5. The molecule has 8 heteroatoms. The van der Waals surface area contributed by atoms with Gasteiger partial charge in [0.1, 0.15) is 19.0 Å². The fourth-order valence-corrected chi connectivity index (χ4v) is 2.58. The summed E-state index contributed by atoms with van der Waals surface area (Å²) < 4.78 is 12.2. The summed E-state index contributed by atoms with van der Waals surface area (Å²) in [7, 11) is 0. The van der Waals surface area contributed by atoms with Gasteiger partial charge in [-0.15, -0.1) is 0 Å². The van der Waals surface area contributed by atoms with Crippen LogP contribution >= 0.6 is 15.9 Å². The number of pyridine rings is 2. The van der Waals surface area contributed by atoms with Crippen molar-refractivity contribution < 1.29 is 9.47 Å². The standard InChI is InChI=1S/C17H14BrN5O2/c18-13-4-5-16-12(8-13)9-15(11-20-16)24-6-7-25-17-3-1-2-14(22-17)10-21-23-19/h1-5,8-9,11H,6-7,10H2. The average molecular weight is 400 g/mol. The van der Waals surface area contributed by atoms with E-state index in [1.54, 1.807) is 24.4 Å². The molecule has 25 heavy (non-hydrogen) atoms. The third-order valence-electron chi connectivity index (χ3n) is 3.30. The zero-order valence-electron chi connectivity index (χ0n) is 13.2. The Morgan fingerprint density at radius 1 is 1.12 bits per heavy atom. The predicted molar refractivity (Wildman–Crippen MR) is 97.5 cm³/mol. The number of halogens is 1. The van der Waals surface area contributed by atoms with Crippen LogP contribution in [0.15, 0.2) is 58.2 Å². The summed E-state index contributed by atoms with van der Waals surface area (Å²) in [5, 5.41) is 4.48. The van der Waals surface area contributed by atoms with Crippen molar-refractivity contribution in [2.45, 2.75) is 6.54 Å². The molecule has 0 saturated heterocycles. The van der Waals surface area contributed by atoms with E-state index in [9.17, 15) is 0 Å². The summed E-state index contributed by atoms with van der Waals surface area (Å²) in [6.45, 7) is 0.903. The van der Waals surface area contributed by atoms with E-state index < -0.39 is 0 Å². The molecular weight excluding hydrogens is 386 g/mol. The molecule has 0 spiro atoms. The lowest BCUT2D eigenvalue weighted by molar-refractivity contribution is 0.211. The maximum absolute atomic E-state index is 8.33. The summed E-state index contributed by atoms with van der Waals surface area (Å²) in [5.74, 6) is 1.15. The number of fused-ring (bicyclic) bond motifs is 1. The molecule has 126 valence electrons. The first kappa shape index (κ1) is 17.0. The number of benzene rings is 1. The van der Waals surface area contributed by atoms with Crippen LogP contribution in [0.5, 0.6) is 11.6 Å². The summed E-state index contributed by atoms with van der Waals surface area (Å²) in [6.07, 6.45) is 1.69. The second kappa shape index (κ2) is 8.32. The highest BCUT2D eigenvalue weighted by atomic mass is 79.9. The molecule has 0 radical (unpaired) electrons. The zero-order chi connectivity index (χ0) is 17.5. The quantitative estimate of drug-likeness (QED) is 0.250. The highest BCUT2D eigenvalue weighted by Gasteiger charge is 2.02.